The molecule has 0 saturated carbocycles. The van der Waals surface area contributed by atoms with Crippen molar-refractivity contribution in [2.45, 2.75) is 42.5 Å². The van der Waals surface area contributed by atoms with Crippen LogP contribution in [-0.4, -0.2) is 18.4 Å². The van der Waals surface area contributed by atoms with Gasteiger partial charge in [0.05, 0.1) is 0 Å². The van der Waals surface area contributed by atoms with Gasteiger partial charge in [0.1, 0.15) is 0 Å². The molecule has 0 saturated heterocycles. The number of rotatable bonds is 1. The van der Waals surface area contributed by atoms with Gasteiger partial charge in [0.25, 0.3) is 0 Å². The maximum absolute atomic E-state index is 2.49. The van der Waals surface area contributed by atoms with Gasteiger partial charge in [-0.15, -0.1) is 0 Å². The quantitative estimate of drug-likeness (QED) is 0.696. The summed E-state index contributed by atoms with van der Waals surface area (Å²) in [6, 6.07) is 2.44. The third-order valence-corrected chi connectivity index (χ3v) is 9.38. The van der Waals surface area contributed by atoms with Crippen LogP contribution in [0.15, 0.2) is 6.07 Å². The van der Waals surface area contributed by atoms with E-state index in [2.05, 4.69) is 48.6 Å². The molecule has 0 aromatic heterocycles. The predicted molar refractivity (Wildman–Crippen MR) is 68.4 cm³/mol. The molecule has 1 aromatic carbocycles. The minimum atomic E-state index is -1.89. The monoisotopic (exact) mass is 298 g/mol. The third kappa shape index (κ3) is 2.16. The Morgan fingerprint density at radius 3 is 1.71 bits per heavy atom. The molecule has 14 heavy (non-hydrogen) atoms. The second-order valence-electron chi connectivity index (χ2n) is 5.37. The zero-order valence-electron chi connectivity index (χ0n) is 10.6. The average molecular weight is 297 g/mol. The third-order valence-electron chi connectivity index (χ3n) is 3.29. The van der Waals surface area contributed by atoms with Crippen molar-refractivity contribution in [3.05, 3.63) is 28.3 Å². The van der Waals surface area contributed by atoms with Crippen molar-refractivity contribution < 1.29 is 0 Å². The van der Waals surface area contributed by atoms with Crippen LogP contribution < -0.4 is 3.58 Å². The van der Waals surface area contributed by atoms with Gasteiger partial charge in [0.15, 0.2) is 0 Å². The second kappa shape index (κ2) is 3.88. The Kier molecular flexibility index (Phi) is 3.35. The summed E-state index contributed by atoms with van der Waals surface area (Å²) in [5, 5.41) is 0. The first-order chi connectivity index (χ1) is 6.25. The molecule has 0 unspecified atom stereocenters. The van der Waals surface area contributed by atoms with Crippen molar-refractivity contribution in [2.75, 3.05) is 0 Å². The molecule has 0 bridgehead atoms. The molecule has 0 spiro atoms. The zero-order valence-corrected chi connectivity index (χ0v) is 13.4. The van der Waals surface area contributed by atoms with E-state index in [1.54, 1.807) is 9.14 Å². The summed E-state index contributed by atoms with van der Waals surface area (Å²) in [5.41, 5.74) is 6.00. The Bertz CT molecular complexity index is 356. The fourth-order valence-electron chi connectivity index (χ4n) is 1.99. The van der Waals surface area contributed by atoms with Gasteiger partial charge in [-0.25, -0.2) is 0 Å². The summed E-state index contributed by atoms with van der Waals surface area (Å²) < 4.78 is 1.69. The normalized spacial score (nSPS) is 11.9. The van der Waals surface area contributed by atoms with Crippen LogP contribution in [0.5, 0.6) is 0 Å². The molecule has 0 atom stereocenters. The van der Waals surface area contributed by atoms with E-state index >= 15 is 0 Å². The Labute approximate surface area is 92.6 Å². The summed E-state index contributed by atoms with van der Waals surface area (Å²) in [5.74, 6) is 0. The van der Waals surface area contributed by atoms with Gasteiger partial charge in [-0.3, -0.25) is 0 Å². The predicted octanol–water partition coefficient (Wildman–Crippen LogP) is 3.47. The van der Waals surface area contributed by atoms with Crippen LogP contribution in [0.25, 0.3) is 0 Å². The molecule has 0 nitrogen and oxygen atoms in total. The number of benzene rings is 1. The summed E-state index contributed by atoms with van der Waals surface area (Å²) in [7, 11) is 0. The van der Waals surface area contributed by atoms with E-state index in [9.17, 15) is 0 Å². The zero-order chi connectivity index (χ0) is 11.1. The molecule has 0 N–H and O–H groups in total. The van der Waals surface area contributed by atoms with E-state index in [4.69, 9.17) is 0 Å². The number of hydrogen-bond acceptors (Lipinski definition) is 0. The molecule has 0 aliphatic carbocycles. The molecule has 1 rings (SSSR count). The molecular weight excluding hydrogens is 275 g/mol. The molecule has 1 aromatic rings. The van der Waals surface area contributed by atoms with Gasteiger partial charge < -0.3 is 0 Å². The average Bonchev–Trinajstić information content (AvgIpc) is 2.06. The van der Waals surface area contributed by atoms with E-state index in [-0.39, 0.29) is 0 Å². The van der Waals surface area contributed by atoms with Gasteiger partial charge in [-0.1, -0.05) is 0 Å². The minimum absolute atomic E-state index is 1.47. The van der Waals surface area contributed by atoms with Crippen LogP contribution in [-0.2, 0) is 0 Å². The second-order valence-corrected chi connectivity index (χ2v) is 19.7. The van der Waals surface area contributed by atoms with Gasteiger partial charge in [0.2, 0.25) is 0 Å². The number of aryl methyl sites for hydroxylation is 1. The van der Waals surface area contributed by atoms with Crippen LogP contribution in [0.3, 0.4) is 0 Å². The standard InChI is InChI=1S/C10H13.3CH3.Sn/c1-7-5-6-8(2)10(4)9(7)3;;;;/h5H,1-4H3;3*1H3;. The molecule has 0 heterocycles. The Morgan fingerprint density at radius 2 is 1.29 bits per heavy atom. The number of hydrogen-bond donors (Lipinski definition) is 0. The van der Waals surface area contributed by atoms with E-state index < -0.39 is 18.4 Å². The van der Waals surface area contributed by atoms with Crippen molar-refractivity contribution in [1.29, 1.82) is 0 Å². The van der Waals surface area contributed by atoms with Gasteiger partial charge >= 0.3 is 92.8 Å². The van der Waals surface area contributed by atoms with E-state index in [0.29, 0.717) is 0 Å². The van der Waals surface area contributed by atoms with Gasteiger partial charge in [0, 0.05) is 0 Å². The summed E-state index contributed by atoms with van der Waals surface area (Å²) in [6.45, 7) is 9.03. The molecule has 0 aliphatic heterocycles. The first-order valence-electron chi connectivity index (χ1n) is 5.33. The fraction of sp³-hybridized carbons (Fsp3) is 0.538. The fourth-order valence-corrected chi connectivity index (χ4v) is 7.59. The molecule has 1 heteroatoms. The van der Waals surface area contributed by atoms with Crippen LogP contribution in [0.4, 0.5) is 0 Å². The van der Waals surface area contributed by atoms with Crippen molar-refractivity contribution in [3.63, 3.8) is 0 Å². The van der Waals surface area contributed by atoms with E-state index in [1.165, 1.54) is 16.7 Å². The van der Waals surface area contributed by atoms with E-state index in [0.717, 1.165) is 0 Å². The van der Waals surface area contributed by atoms with Crippen molar-refractivity contribution in [2.24, 2.45) is 0 Å². The molecule has 0 aliphatic rings. The van der Waals surface area contributed by atoms with Crippen LogP contribution >= 0.6 is 0 Å². The van der Waals surface area contributed by atoms with Crippen LogP contribution in [0, 0.1) is 27.7 Å². The topological polar surface area (TPSA) is 0 Å². The van der Waals surface area contributed by atoms with Crippen molar-refractivity contribution in [1.82, 2.24) is 0 Å². The van der Waals surface area contributed by atoms with Gasteiger partial charge in [-0.2, -0.15) is 0 Å². The Morgan fingerprint density at radius 1 is 0.786 bits per heavy atom. The van der Waals surface area contributed by atoms with Gasteiger partial charge in [-0.05, 0) is 0 Å². The molecule has 0 fully saturated rings. The first-order valence-corrected chi connectivity index (χ1v) is 15.3. The molecular formula is C13H22Sn. The first kappa shape index (κ1) is 12.1. The SMILES string of the molecule is Cc1c[c]([Sn]([CH3])([CH3])[CH3])c(C)c(C)c1C. The maximum atomic E-state index is 2.49. The van der Waals surface area contributed by atoms with E-state index in [1.807, 2.05) is 0 Å². The van der Waals surface area contributed by atoms with Crippen molar-refractivity contribution >= 4 is 22.0 Å². The Hall–Kier alpha value is 0.0187. The van der Waals surface area contributed by atoms with Crippen LogP contribution in [0.2, 0.25) is 14.8 Å². The molecule has 0 amide bonds. The Balaban J connectivity index is 3.49. The molecule has 78 valence electrons. The summed E-state index contributed by atoms with van der Waals surface area (Å²) in [4.78, 5) is 7.47. The van der Waals surface area contributed by atoms with Crippen LogP contribution in [0.1, 0.15) is 22.3 Å². The van der Waals surface area contributed by atoms with Crippen molar-refractivity contribution in [3.8, 4) is 0 Å². The molecule has 0 radical (unpaired) electrons. The summed E-state index contributed by atoms with van der Waals surface area (Å²) >= 11 is -1.89. The summed E-state index contributed by atoms with van der Waals surface area (Å²) in [6.07, 6.45) is 0.